The summed E-state index contributed by atoms with van der Waals surface area (Å²) >= 11 is 0. The van der Waals surface area contributed by atoms with Gasteiger partial charge in [0.05, 0.1) is 6.54 Å². The molecule has 8 nitrogen and oxygen atoms in total. The topological polar surface area (TPSA) is 92.2 Å². The van der Waals surface area contributed by atoms with Crippen LogP contribution < -0.4 is 10.6 Å². The summed E-state index contributed by atoms with van der Waals surface area (Å²) in [5.41, 5.74) is 3.77. The minimum atomic E-state index is 0.281. The van der Waals surface area contributed by atoms with E-state index in [0.29, 0.717) is 6.61 Å². The lowest BCUT2D eigenvalue weighted by Crippen LogP contribution is -2.47. The third-order valence-corrected chi connectivity index (χ3v) is 5.43. The number of aryl methyl sites for hydroxylation is 2. The van der Waals surface area contributed by atoms with Gasteiger partial charge in [0.15, 0.2) is 11.8 Å². The molecule has 1 aliphatic heterocycles. The number of rotatable bonds is 7. The Morgan fingerprint density at radius 1 is 1.40 bits per heavy atom. The van der Waals surface area contributed by atoms with Gasteiger partial charge in [0.25, 0.3) is 0 Å². The molecule has 0 bridgehead atoms. The second-order valence-corrected chi connectivity index (χ2v) is 7.81. The van der Waals surface area contributed by atoms with Gasteiger partial charge in [0.2, 0.25) is 0 Å². The third kappa shape index (κ3) is 4.64. The van der Waals surface area contributed by atoms with Crippen molar-refractivity contribution in [1.82, 2.24) is 30.4 Å². The van der Waals surface area contributed by atoms with E-state index in [1.54, 1.807) is 7.11 Å². The molecule has 0 saturated carbocycles. The first-order chi connectivity index (χ1) is 14.7. The number of H-pyrrole nitrogens is 1. The van der Waals surface area contributed by atoms with Gasteiger partial charge >= 0.3 is 0 Å². The monoisotopic (exact) mass is 409 g/mol. The highest BCUT2D eigenvalue weighted by Gasteiger charge is 2.22. The maximum atomic E-state index is 5.15. The van der Waals surface area contributed by atoms with E-state index in [0.717, 1.165) is 56.5 Å². The SMILES string of the molecule is CCNC(=NCCc1c[nH]c2cc(C)ccc12)NC1CCc2nc(COC)nn2C1. The Balaban J connectivity index is 1.37. The second kappa shape index (κ2) is 9.30. The molecule has 0 amide bonds. The van der Waals surface area contributed by atoms with Gasteiger partial charge in [-0.3, -0.25) is 4.99 Å². The molecule has 4 rings (SSSR count). The molecule has 0 fully saturated rings. The van der Waals surface area contributed by atoms with Crippen molar-refractivity contribution in [2.45, 2.75) is 52.3 Å². The lowest BCUT2D eigenvalue weighted by atomic mass is 10.1. The third-order valence-electron chi connectivity index (χ3n) is 5.43. The van der Waals surface area contributed by atoms with Crippen LogP contribution in [0.2, 0.25) is 0 Å². The molecule has 1 atom stereocenters. The largest absolute Gasteiger partial charge is 0.377 e. The zero-order valence-corrected chi connectivity index (χ0v) is 18.0. The molecule has 1 unspecified atom stereocenters. The maximum absolute atomic E-state index is 5.15. The highest BCUT2D eigenvalue weighted by atomic mass is 16.5. The Labute approximate surface area is 177 Å². The molecule has 0 aliphatic carbocycles. The second-order valence-electron chi connectivity index (χ2n) is 7.81. The van der Waals surface area contributed by atoms with E-state index in [1.165, 1.54) is 22.0 Å². The average Bonchev–Trinajstić information content (AvgIpc) is 3.31. The normalized spacial score (nSPS) is 16.6. The van der Waals surface area contributed by atoms with Crippen molar-refractivity contribution in [3.05, 3.63) is 47.2 Å². The number of aromatic amines is 1. The van der Waals surface area contributed by atoms with E-state index in [9.17, 15) is 0 Å². The average molecular weight is 410 g/mol. The number of hydrogen-bond acceptors (Lipinski definition) is 4. The molecule has 2 aromatic heterocycles. The van der Waals surface area contributed by atoms with Crippen LogP contribution in [-0.2, 0) is 30.7 Å². The van der Waals surface area contributed by atoms with Crippen LogP contribution in [0.3, 0.4) is 0 Å². The van der Waals surface area contributed by atoms with Crippen molar-refractivity contribution in [3.63, 3.8) is 0 Å². The number of ether oxygens (including phenoxy) is 1. The summed E-state index contributed by atoms with van der Waals surface area (Å²) in [7, 11) is 1.67. The smallest absolute Gasteiger partial charge is 0.191 e. The fourth-order valence-electron chi connectivity index (χ4n) is 3.98. The summed E-state index contributed by atoms with van der Waals surface area (Å²) in [6.45, 7) is 7.01. The van der Waals surface area contributed by atoms with E-state index in [4.69, 9.17) is 9.73 Å². The number of aliphatic imine (C=N–C) groups is 1. The molecule has 3 heterocycles. The summed E-state index contributed by atoms with van der Waals surface area (Å²) in [4.78, 5) is 12.7. The molecule has 8 heteroatoms. The first kappa shape index (κ1) is 20.4. The van der Waals surface area contributed by atoms with Gasteiger partial charge in [0.1, 0.15) is 12.4 Å². The summed E-state index contributed by atoms with van der Waals surface area (Å²) in [5, 5.41) is 12.8. The molecule has 160 valence electrons. The van der Waals surface area contributed by atoms with Crippen LogP contribution in [0.1, 0.15) is 36.1 Å². The molecule has 1 aromatic carbocycles. The van der Waals surface area contributed by atoms with Crippen LogP contribution in [-0.4, -0.2) is 51.9 Å². The Kier molecular flexibility index (Phi) is 6.32. The Hall–Kier alpha value is -2.87. The number of nitrogens with one attached hydrogen (secondary N) is 3. The van der Waals surface area contributed by atoms with Gasteiger partial charge in [-0.2, -0.15) is 5.10 Å². The maximum Gasteiger partial charge on any atom is 0.191 e. The fraction of sp³-hybridized carbons (Fsp3) is 0.500. The lowest BCUT2D eigenvalue weighted by Gasteiger charge is -2.25. The predicted molar refractivity (Wildman–Crippen MR) is 119 cm³/mol. The molecule has 0 saturated heterocycles. The molecule has 3 N–H and O–H groups in total. The van der Waals surface area contributed by atoms with E-state index in [2.05, 4.69) is 63.9 Å². The molecule has 1 aliphatic rings. The van der Waals surface area contributed by atoms with E-state index in [-0.39, 0.29) is 6.04 Å². The van der Waals surface area contributed by atoms with E-state index < -0.39 is 0 Å². The Morgan fingerprint density at radius 2 is 2.30 bits per heavy atom. The lowest BCUT2D eigenvalue weighted by molar-refractivity contribution is 0.177. The number of methoxy groups -OCH3 is 1. The highest BCUT2D eigenvalue weighted by Crippen LogP contribution is 2.20. The van der Waals surface area contributed by atoms with Crippen molar-refractivity contribution in [2.75, 3.05) is 20.2 Å². The van der Waals surface area contributed by atoms with Gasteiger partial charge in [0, 0.05) is 49.8 Å². The first-order valence-electron chi connectivity index (χ1n) is 10.7. The van der Waals surface area contributed by atoms with Crippen molar-refractivity contribution in [3.8, 4) is 0 Å². The predicted octanol–water partition coefficient (Wildman–Crippen LogP) is 2.33. The summed E-state index contributed by atoms with van der Waals surface area (Å²) in [6.07, 6.45) is 4.92. The molecular formula is C22H31N7O. The Morgan fingerprint density at radius 3 is 3.13 bits per heavy atom. The van der Waals surface area contributed by atoms with Crippen molar-refractivity contribution in [1.29, 1.82) is 0 Å². The Bertz CT molecular complexity index is 1020. The standard InChI is InChI=1S/C22H31N7O/c1-4-23-22(24-10-9-16-12-25-19-11-15(2)5-7-18(16)19)26-17-6-8-21-27-20(14-30-3)28-29(21)13-17/h5,7,11-12,17,25H,4,6,8-10,13-14H2,1-3H3,(H2,23,24,26). The van der Waals surface area contributed by atoms with E-state index in [1.807, 2.05) is 4.68 Å². The van der Waals surface area contributed by atoms with Crippen LogP contribution in [0.4, 0.5) is 0 Å². The minimum absolute atomic E-state index is 0.281. The molecule has 0 radical (unpaired) electrons. The summed E-state index contributed by atoms with van der Waals surface area (Å²) in [5.74, 6) is 2.65. The van der Waals surface area contributed by atoms with Gasteiger partial charge in [-0.25, -0.2) is 9.67 Å². The molecule has 0 spiro atoms. The summed E-state index contributed by atoms with van der Waals surface area (Å²) in [6, 6.07) is 6.82. The number of aromatic nitrogens is 4. The molecule has 3 aromatic rings. The number of guanidine groups is 1. The van der Waals surface area contributed by atoms with Gasteiger partial charge in [-0.05, 0) is 43.9 Å². The molecular weight excluding hydrogens is 378 g/mol. The zero-order valence-electron chi connectivity index (χ0n) is 18.0. The van der Waals surface area contributed by atoms with Crippen molar-refractivity contribution < 1.29 is 4.74 Å². The van der Waals surface area contributed by atoms with Gasteiger partial charge in [-0.1, -0.05) is 12.1 Å². The minimum Gasteiger partial charge on any atom is -0.377 e. The van der Waals surface area contributed by atoms with Crippen molar-refractivity contribution in [2.24, 2.45) is 4.99 Å². The van der Waals surface area contributed by atoms with Crippen LogP contribution >= 0.6 is 0 Å². The zero-order chi connectivity index (χ0) is 20.9. The van der Waals surface area contributed by atoms with Crippen LogP contribution in [0.5, 0.6) is 0 Å². The van der Waals surface area contributed by atoms with Gasteiger partial charge in [-0.15, -0.1) is 0 Å². The number of nitrogens with zero attached hydrogens (tertiary/aromatic N) is 4. The van der Waals surface area contributed by atoms with Gasteiger partial charge < -0.3 is 20.4 Å². The quantitative estimate of drug-likeness (QED) is 0.411. The molecule has 30 heavy (non-hydrogen) atoms. The van der Waals surface area contributed by atoms with E-state index >= 15 is 0 Å². The first-order valence-corrected chi connectivity index (χ1v) is 10.7. The highest BCUT2D eigenvalue weighted by molar-refractivity contribution is 5.84. The van der Waals surface area contributed by atoms with Crippen LogP contribution in [0.25, 0.3) is 10.9 Å². The van der Waals surface area contributed by atoms with Crippen LogP contribution in [0.15, 0.2) is 29.4 Å². The fourth-order valence-corrected chi connectivity index (χ4v) is 3.98. The number of benzene rings is 1. The number of fused-ring (bicyclic) bond motifs is 2. The van der Waals surface area contributed by atoms with Crippen LogP contribution in [0, 0.1) is 6.92 Å². The van der Waals surface area contributed by atoms with Crippen molar-refractivity contribution >= 4 is 16.9 Å². The summed E-state index contributed by atoms with van der Waals surface area (Å²) < 4.78 is 7.14. The number of hydrogen-bond donors (Lipinski definition) is 3.